The molecule has 9 unspecified atom stereocenters. The van der Waals surface area contributed by atoms with Crippen molar-refractivity contribution in [1.82, 2.24) is 15.5 Å². The Balaban J connectivity index is 1.58. The fourth-order valence-electron chi connectivity index (χ4n) is 7.58. The topological polar surface area (TPSA) is 104 Å². The van der Waals surface area contributed by atoms with Gasteiger partial charge in [0.15, 0.2) is 0 Å². The minimum atomic E-state index is -0.633. The number of amides is 1. The molecule has 4 rings (SSSR count). The Bertz CT molecular complexity index is 895. The van der Waals surface area contributed by atoms with Crippen LogP contribution >= 0.6 is 11.6 Å². The first-order chi connectivity index (χ1) is 19.8. The molecule has 0 aliphatic carbocycles. The number of alkyl halides is 1. The molecule has 1 amide bonds. The molecular formula is C32H57ClN6O2. The molecule has 3 fully saturated rings. The molecule has 234 valence electrons. The predicted octanol–water partition coefficient (Wildman–Crippen LogP) is 4.53. The number of piperidine rings is 2. The monoisotopic (exact) mass is 592 g/mol. The number of ether oxygens (including phenoxy) is 1. The highest BCUT2D eigenvalue weighted by Crippen LogP contribution is 2.41. The molecule has 0 aromatic rings. The van der Waals surface area contributed by atoms with Crippen LogP contribution in [-0.4, -0.2) is 91.3 Å². The lowest BCUT2D eigenvalue weighted by molar-refractivity contribution is -0.127. The summed E-state index contributed by atoms with van der Waals surface area (Å²) in [6, 6.07) is -0.347. The van der Waals surface area contributed by atoms with Crippen molar-refractivity contribution in [2.45, 2.75) is 134 Å². The van der Waals surface area contributed by atoms with E-state index >= 15 is 0 Å². The molecule has 4 aliphatic rings. The maximum Gasteiger partial charge on any atom is 0.233 e. The molecule has 0 aromatic heterocycles. The Hall–Kier alpha value is -1.22. The fourth-order valence-corrected chi connectivity index (χ4v) is 7.80. The Morgan fingerprint density at radius 2 is 2.05 bits per heavy atom. The van der Waals surface area contributed by atoms with Crippen LogP contribution in [0.4, 0.5) is 0 Å². The van der Waals surface area contributed by atoms with Crippen molar-refractivity contribution >= 4 is 29.6 Å². The number of carbonyl (C=O) groups is 1. The first kappa shape index (κ1) is 32.7. The molecule has 8 nitrogen and oxygen atoms in total. The molecule has 9 heteroatoms. The van der Waals surface area contributed by atoms with Crippen molar-refractivity contribution in [3.63, 3.8) is 0 Å². The van der Waals surface area contributed by atoms with Crippen LogP contribution in [0.2, 0.25) is 0 Å². The normalized spacial score (nSPS) is 35.3. The van der Waals surface area contributed by atoms with Crippen molar-refractivity contribution in [2.75, 3.05) is 32.7 Å². The Labute approximate surface area is 254 Å². The highest BCUT2D eigenvalue weighted by molar-refractivity contribution is 6.28. The number of nitrogens with two attached hydrogens (primary N) is 1. The number of amidine groups is 1. The van der Waals surface area contributed by atoms with Gasteiger partial charge in [-0.25, -0.2) is 0 Å². The number of aliphatic imine (C=N–C) groups is 2. The van der Waals surface area contributed by atoms with Crippen molar-refractivity contribution in [3.05, 3.63) is 0 Å². The Morgan fingerprint density at radius 1 is 1.24 bits per heavy atom. The van der Waals surface area contributed by atoms with Crippen LogP contribution in [0.1, 0.15) is 98.3 Å². The van der Waals surface area contributed by atoms with E-state index in [1.165, 1.54) is 13.0 Å². The van der Waals surface area contributed by atoms with Crippen LogP contribution in [-0.2, 0) is 9.53 Å². The van der Waals surface area contributed by atoms with E-state index in [0.29, 0.717) is 18.3 Å². The van der Waals surface area contributed by atoms with Crippen molar-refractivity contribution in [2.24, 2.45) is 33.0 Å². The van der Waals surface area contributed by atoms with E-state index in [2.05, 4.69) is 43.2 Å². The van der Waals surface area contributed by atoms with Crippen molar-refractivity contribution in [3.8, 4) is 0 Å². The van der Waals surface area contributed by atoms with E-state index in [-0.39, 0.29) is 47.0 Å². The van der Waals surface area contributed by atoms with Gasteiger partial charge in [-0.15, -0.1) is 11.6 Å². The molecule has 4 aliphatic heterocycles. The maximum atomic E-state index is 14.3. The number of hydrogen-bond donors (Lipinski definition) is 3. The molecular weight excluding hydrogens is 536 g/mol. The molecule has 9 atom stereocenters. The summed E-state index contributed by atoms with van der Waals surface area (Å²) < 4.78 is 6.72. The molecule has 0 aromatic carbocycles. The highest BCUT2D eigenvalue weighted by Gasteiger charge is 2.43. The van der Waals surface area contributed by atoms with E-state index in [9.17, 15) is 4.79 Å². The number of nitrogens with zero attached hydrogens (tertiary/aromatic N) is 3. The average molecular weight is 593 g/mol. The van der Waals surface area contributed by atoms with Gasteiger partial charge in [-0.3, -0.25) is 14.8 Å². The van der Waals surface area contributed by atoms with E-state index in [1.807, 2.05) is 6.21 Å². The largest absolute Gasteiger partial charge is 0.387 e. The zero-order chi connectivity index (χ0) is 29.4. The summed E-state index contributed by atoms with van der Waals surface area (Å²) in [6.45, 7) is 13.8. The lowest BCUT2D eigenvalue weighted by Gasteiger charge is -2.38. The third-order valence-electron chi connectivity index (χ3n) is 10.5. The third-order valence-corrected chi connectivity index (χ3v) is 10.8. The van der Waals surface area contributed by atoms with E-state index in [0.717, 1.165) is 83.8 Å². The molecule has 4 N–H and O–H groups in total. The number of fused-ring (bicyclic) bond motifs is 2. The van der Waals surface area contributed by atoms with Crippen LogP contribution in [0, 0.1) is 17.3 Å². The number of nitrogens with one attached hydrogen (secondary N) is 2. The summed E-state index contributed by atoms with van der Waals surface area (Å²) >= 11 is 6.66. The summed E-state index contributed by atoms with van der Waals surface area (Å²) in [6.07, 6.45) is 13.3. The minimum absolute atomic E-state index is 0.00493. The lowest BCUT2D eigenvalue weighted by Crippen LogP contribution is -2.59. The van der Waals surface area contributed by atoms with Gasteiger partial charge >= 0.3 is 0 Å². The van der Waals surface area contributed by atoms with Gasteiger partial charge in [-0.2, -0.15) is 0 Å². The van der Waals surface area contributed by atoms with Crippen molar-refractivity contribution < 1.29 is 9.53 Å². The minimum Gasteiger partial charge on any atom is -0.387 e. The number of rotatable bonds is 12. The molecule has 4 heterocycles. The molecule has 3 saturated heterocycles. The van der Waals surface area contributed by atoms with Crippen LogP contribution < -0.4 is 16.4 Å². The average Bonchev–Trinajstić information content (AvgIpc) is 3.60. The zero-order valence-electron chi connectivity index (χ0n) is 26.1. The molecule has 0 radical (unpaired) electrons. The van der Waals surface area contributed by atoms with Gasteiger partial charge in [0, 0.05) is 37.8 Å². The zero-order valence-corrected chi connectivity index (χ0v) is 26.9. The number of hydrogen-bond acceptors (Lipinski definition) is 6. The van der Waals surface area contributed by atoms with Gasteiger partial charge in [-0.05, 0) is 64.0 Å². The second kappa shape index (κ2) is 15.5. The molecule has 0 saturated carbocycles. The molecule has 0 spiro atoms. The number of carbonyl (C=O) groups excluding carboxylic acids is 1. The fraction of sp³-hybridized carbons (Fsp3) is 0.906. The van der Waals surface area contributed by atoms with E-state index in [4.69, 9.17) is 32.1 Å². The van der Waals surface area contributed by atoms with Gasteiger partial charge in [-0.1, -0.05) is 52.9 Å². The number of halogens is 1. The lowest BCUT2D eigenvalue weighted by atomic mass is 9.71. The van der Waals surface area contributed by atoms with E-state index < -0.39 is 5.92 Å². The molecule has 41 heavy (non-hydrogen) atoms. The smallest absolute Gasteiger partial charge is 0.233 e. The summed E-state index contributed by atoms with van der Waals surface area (Å²) in [7, 11) is 0. The van der Waals surface area contributed by atoms with Gasteiger partial charge in [0.2, 0.25) is 5.91 Å². The van der Waals surface area contributed by atoms with Crippen LogP contribution in [0.5, 0.6) is 0 Å². The summed E-state index contributed by atoms with van der Waals surface area (Å²) in [4.78, 5) is 26.8. The predicted molar refractivity (Wildman–Crippen MR) is 170 cm³/mol. The second-order valence-electron chi connectivity index (χ2n) is 13.3. The van der Waals surface area contributed by atoms with Crippen LogP contribution in [0.25, 0.3) is 0 Å². The third kappa shape index (κ3) is 8.67. The SMILES string of the molecule is CCCCC(C)N=C(N)C(C(=O)NC1CNCCC1OC1CN2CCC1C2)C1CC(CC)(CC)CCCC(Cl)C=N1. The Morgan fingerprint density at radius 3 is 2.73 bits per heavy atom. The van der Waals surface area contributed by atoms with Gasteiger partial charge in [0.25, 0.3) is 0 Å². The summed E-state index contributed by atoms with van der Waals surface area (Å²) in [5.41, 5.74) is 6.90. The van der Waals surface area contributed by atoms with Gasteiger partial charge in [0.05, 0.1) is 29.7 Å². The van der Waals surface area contributed by atoms with Crippen molar-refractivity contribution in [1.29, 1.82) is 0 Å². The Kier molecular flexibility index (Phi) is 12.3. The quantitative estimate of drug-likeness (QED) is 0.175. The standard InChI is InChI=1S/C32H57ClN6O2/c1-5-8-10-22(4)37-30(34)29(25-17-32(6-2,7-3)14-9-11-24(33)18-36-25)31(40)38-26-19-35-15-12-27(26)41-28-21-39-16-13-23(28)20-39/h18,22-29,35H,5-17,19-21H2,1-4H3,(H2,34,37)(H,38,40). The van der Waals surface area contributed by atoms with Gasteiger partial charge in [0.1, 0.15) is 11.8 Å². The van der Waals surface area contributed by atoms with E-state index in [1.54, 1.807) is 0 Å². The van der Waals surface area contributed by atoms with Gasteiger partial charge < -0.3 is 26.0 Å². The first-order valence-electron chi connectivity index (χ1n) is 16.7. The second-order valence-corrected chi connectivity index (χ2v) is 13.9. The highest BCUT2D eigenvalue weighted by atomic mass is 35.5. The van der Waals surface area contributed by atoms with Crippen LogP contribution in [0.3, 0.4) is 0 Å². The first-order valence-corrected chi connectivity index (χ1v) is 17.1. The summed E-state index contributed by atoms with van der Waals surface area (Å²) in [5, 5.41) is 6.75. The number of unbranched alkanes of at least 4 members (excludes halogenated alkanes) is 1. The summed E-state index contributed by atoms with van der Waals surface area (Å²) in [5.74, 6) is 0.309. The van der Waals surface area contributed by atoms with Crippen LogP contribution in [0.15, 0.2) is 9.98 Å². The molecule has 2 bridgehead atoms. The maximum absolute atomic E-state index is 14.3.